The molecule has 1 N–H and O–H groups in total. The number of carbonyl (C=O) groups excluding carboxylic acids is 1. The van der Waals surface area contributed by atoms with E-state index in [1.807, 2.05) is 0 Å². The number of nitrogens with one attached hydrogen (secondary N) is 1. The molecule has 2 bridgehead atoms. The first kappa shape index (κ1) is 21.5. The summed E-state index contributed by atoms with van der Waals surface area (Å²) >= 11 is 0. The lowest BCUT2D eigenvalue weighted by atomic mass is 9.95. The Kier molecular flexibility index (Phi) is 5.13. The number of hydrogen-bond donors (Lipinski definition) is 1. The van der Waals surface area contributed by atoms with Crippen molar-refractivity contribution in [1.82, 2.24) is 15.0 Å². The zero-order valence-electron chi connectivity index (χ0n) is 17.1. The van der Waals surface area contributed by atoms with Gasteiger partial charge in [0.15, 0.2) is 11.6 Å². The molecule has 6 nitrogen and oxygen atoms in total. The molecule has 5 rings (SSSR count). The van der Waals surface area contributed by atoms with Crippen LogP contribution in [0.5, 0.6) is 0 Å². The number of nitrogens with zero attached hydrogens (tertiary/aromatic N) is 3. The minimum absolute atomic E-state index is 0.0686. The summed E-state index contributed by atoms with van der Waals surface area (Å²) < 4.78 is 71.4. The van der Waals surface area contributed by atoms with Gasteiger partial charge in [0.05, 0.1) is 23.8 Å². The number of hydrogen-bond acceptors (Lipinski definition) is 5. The van der Waals surface area contributed by atoms with Crippen LogP contribution in [-0.4, -0.2) is 39.0 Å². The molecule has 1 amide bonds. The normalized spacial score (nSPS) is 26.1. The molecule has 33 heavy (non-hydrogen) atoms. The molecule has 0 radical (unpaired) electrons. The second-order valence-corrected chi connectivity index (χ2v) is 8.29. The Bertz CT molecular complexity index is 1090. The SMILES string of the molecule is O=C(c1ccc(C2OC=CN2F)cc1)N1[C@@H]2CC[C@H]1[C@H](Nc1ncc(C(F)(F)F)cc1F)C2. The highest BCUT2D eigenvalue weighted by Gasteiger charge is 2.49. The van der Waals surface area contributed by atoms with Gasteiger partial charge in [-0.1, -0.05) is 16.6 Å². The van der Waals surface area contributed by atoms with Gasteiger partial charge in [0.2, 0.25) is 6.23 Å². The fourth-order valence-electron chi connectivity index (χ4n) is 4.80. The fraction of sp³-hybridized carbons (Fsp3) is 0.364. The topological polar surface area (TPSA) is 57.7 Å². The molecular formula is C22H19F5N4O2. The van der Waals surface area contributed by atoms with Crippen LogP contribution in [0, 0.1) is 5.82 Å². The quantitative estimate of drug-likeness (QED) is 0.519. The number of rotatable bonds is 4. The average molecular weight is 466 g/mol. The van der Waals surface area contributed by atoms with E-state index in [9.17, 15) is 26.8 Å². The number of alkyl halides is 3. The smallest absolute Gasteiger partial charge is 0.417 e. The minimum Gasteiger partial charge on any atom is -0.470 e. The van der Waals surface area contributed by atoms with Crippen molar-refractivity contribution in [2.75, 3.05) is 5.32 Å². The van der Waals surface area contributed by atoms with Crippen molar-refractivity contribution < 1.29 is 31.6 Å². The standard InChI is InChI=1S/C22H19F5N4O2/c23-16-9-14(22(24,25)26)11-28-19(16)29-17-10-15-5-6-18(17)31(15)20(32)12-1-3-13(4-2-12)21-30(27)7-8-33-21/h1-4,7-9,11,15,17-18,21H,5-6,10H2,(H,28,29)/t15-,17-,18+,21?/m1/s1. The van der Waals surface area contributed by atoms with Crippen molar-refractivity contribution in [2.45, 2.75) is 49.8 Å². The van der Waals surface area contributed by atoms with Gasteiger partial charge in [0.1, 0.15) is 6.26 Å². The molecule has 1 aromatic carbocycles. The van der Waals surface area contributed by atoms with Gasteiger partial charge in [-0.2, -0.15) is 18.3 Å². The summed E-state index contributed by atoms with van der Waals surface area (Å²) in [7, 11) is 0. The number of carbonyl (C=O) groups is 1. The highest BCUT2D eigenvalue weighted by atomic mass is 19.4. The summed E-state index contributed by atoms with van der Waals surface area (Å²) in [4.78, 5) is 18.5. The highest BCUT2D eigenvalue weighted by molar-refractivity contribution is 5.95. The van der Waals surface area contributed by atoms with E-state index in [1.54, 1.807) is 29.2 Å². The Morgan fingerprint density at radius 3 is 2.58 bits per heavy atom. The zero-order chi connectivity index (χ0) is 23.3. The van der Waals surface area contributed by atoms with E-state index in [-0.39, 0.29) is 29.9 Å². The van der Waals surface area contributed by atoms with Crippen LogP contribution in [0.15, 0.2) is 49.0 Å². The molecule has 4 atom stereocenters. The Hall–Kier alpha value is -3.37. The van der Waals surface area contributed by atoms with Crippen molar-refractivity contribution in [3.05, 3.63) is 71.5 Å². The van der Waals surface area contributed by atoms with Gasteiger partial charge in [0.25, 0.3) is 5.91 Å². The molecule has 0 saturated carbocycles. The minimum atomic E-state index is -4.68. The summed E-state index contributed by atoms with van der Waals surface area (Å²) in [5.41, 5.74) is -0.188. The van der Waals surface area contributed by atoms with Gasteiger partial charge < -0.3 is 15.0 Å². The van der Waals surface area contributed by atoms with Gasteiger partial charge >= 0.3 is 6.18 Å². The third-order valence-corrected chi connectivity index (χ3v) is 6.34. The maximum Gasteiger partial charge on any atom is 0.417 e. The monoisotopic (exact) mass is 466 g/mol. The first-order valence-electron chi connectivity index (χ1n) is 10.4. The lowest BCUT2D eigenvalue weighted by Gasteiger charge is -2.26. The van der Waals surface area contributed by atoms with E-state index in [4.69, 9.17) is 4.74 Å². The number of amides is 1. The van der Waals surface area contributed by atoms with Crippen molar-refractivity contribution >= 4 is 11.7 Å². The molecule has 11 heteroatoms. The number of halogens is 5. The van der Waals surface area contributed by atoms with Crippen LogP contribution in [0.4, 0.5) is 27.9 Å². The van der Waals surface area contributed by atoms with Crippen LogP contribution in [0.3, 0.4) is 0 Å². The molecule has 1 unspecified atom stereocenters. The van der Waals surface area contributed by atoms with Gasteiger partial charge in [-0.05, 0) is 37.5 Å². The second kappa shape index (κ2) is 7.89. The number of ether oxygens (including phenoxy) is 1. The van der Waals surface area contributed by atoms with Crippen LogP contribution in [0.1, 0.15) is 47.0 Å². The summed E-state index contributed by atoms with van der Waals surface area (Å²) in [5.74, 6) is -1.56. The van der Waals surface area contributed by atoms with Gasteiger partial charge in [-0.15, -0.1) is 0 Å². The lowest BCUT2D eigenvalue weighted by Crippen LogP contribution is -2.40. The molecule has 1 aromatic heterocycles. The predicted octanol–water partition coefficient (Wildman–Crippen LogP) is 4.78. The molecule has 4 heterocycles. The van der Waals surface area contributed by atoms with Gasteiger partial charge in [-0.3, -0.25) is 4.79 Å². The third-order valence-electron chi connectivity index (χ3n) is 6.34. The second-order valence-electron chi connectivity index (χ2n) is 8.29. The first-order chi connectivity index (χ1) is 15.7. The molecular weight excluding hydrogens is 447 g/mol. The van der Waals surface area contributed by atoms with Crippen LogP contribution < -0.4 is 5.32 Å². The summed E-state index contributed by atoms with van der Waals surface area (Å²) in [6.45, 7) is 0. The van der Waals surface area contributed by atoms with Crippen LogP contribution in [0.25, 0.3) is 0 Å². The molecule has 3 aliphatic heterocycles. The number of pyridine rings is 1. The number of aromatic nitrogens is 1. The maximum absolute atomic E-state index is 14.2. The molecule has 2 saturated heterocycles. The number of benzene rings is 1. The molecule has 3 aliphatic rings. The van der Waals surface area contributed by atoms with Crippen molar-refractivity contribution in [1.29, 1.82) is 0 Å². The molecule has 0 spiro atoms. The maximum atomic E-state index is 14.2. The molecule has 2 aromatic rings. The predicted molar refractivity (Wildman–Crippen MR) is 107 cm³/mol. The Labute approximate surface area is 185 Å². The van der Waals surface area contributed by atoms with E-state index in [2.05, 4.69) is 10.3 Å². The molecule has 2 fully saturated rings. The fourth-order valence-corrected chi connectivity index (χ4v) is 4.80. The number of fused-ring (bicyclic) bond motifs is 2. The van der Waals surface area contributed by atoms with E-state index in [0.29, 0.717) is 41.4 Å². The largest absolute Gasteiger partial charge is 0.470 e. The summed E-state index contributed by atoms with van der Waals surface area (Å²) in [6.07, 6.45) is -0.571. The van der Waals surface area contributed by atoms with Gasteiger partial charge in [0, 0.05) is 23.4 Å². The van der Waals surface area contributed by atoms with E-state index < -0.39 is 23.8 Å². The van der Waals surface area contributed by atoms with Crippen molar-refractivity contribution in [2.24, 2.45) is 0 Å². The lowest BCUT2D eigenvalue weighted by molar-refractivity contribution is -0.138. The molecule has 174 valence electrons. The molecule has 0 aliphatic carbocycles. The zero-order valence-corrected chi connectivity index (χ0v) is 17.1. The van der Waals surface area contributed by atoms with Gasteiger partial charge in [-0.25, -0.2) is 9.37 Å². The van der Waals surface area contributed by atoms with Crippen LogP contribution in [-0.2, 0) is 10.9 Å². The van der Waals surface area contributed by atoms with Crippen molar-refractivity contribution in [3.8, 4) is 0 Å². The van der Waals surface area contributed by atoms with Crippen LogP contribution >= 0.6 is 0 Å². The number of anilines is 1. The van der Waals surface area contributed by atoms with E-state index in [0.717, 1.165) is 12.6 Å². The first-order valence-corrected chi connectivity index (χ1v) is 10.4. The summed E-state index contributed by atoms with van der Waals surface area (Å²) in [5, 5.41) is 3.31. The van der Waals surface area contributed by atoms with E-state index >= 15 is 0 Å². The van der Waals surface area contributed by atoms with Crippen LogP contribution in [0.2, 0.25) is 0 Å². The average Bonchev–Trinajstić information content (AvgIpc) is 3.48. The highest BCUT2D eigenvalue weighted by Crippen LogP contribution is 2.40. The Morgan fingerprint density at radius 1 is 1.18 bits per heavy atom. The third kappa shape index (κ3) is 3.85. The van der Waals surface area contributed by atoms with E-state index in [1.165, 1.54) is 6.26 Å². The summed E-state index contributed by atoms with van der Waals surface area (Å²) in [6, 6.07) is 6.21. The Balaban J connectivity index is 1.29. The Morgan fingerprint density at radius 2 is 1.94 bits per heavy atom. The van der Waals surface area contributed by atoms with Crippen molar-refractivity contribution in [3.63, 3.8) is 0 Å².